The summed E-state index contributed by atoms with van der Waals surface area (Å²) in [5, 5.41) is 13.8. The summed E-state index contributed by atoms with van der Waals surface area (Å²) in [6.45, 7) is 1.86. The van der Waals surface area contributed by atoms with E-state index in [4.69, 9.17) is 5.84 Å². The number of nitrogen functional groups attached to an aromatic ring is 1. The van der Waals surface area contributed by atoms with Crippen LogP contribution in [0.15, 0.2) is 58.2 Å². The van der Waals surface area contributed by atoms with Crippen LogP contribution in [-0.4, -0.2) is 39.0 Å². The highest BCUT2D eigenvalue weighted by atomic mass is 79.9. The van der Waals surface area contributed by atoms with Crippen molar-refractivity contribution in [2.45, 2.75) is 12.1 Å². The van der Waals surface area contributed by atoms with E-state index < -0.39 is 0 Å². The van der Waals surface area contributed by atoms with Gasteiger partial charge in [-0.25, -0.2) is 4.68 Å². The highest BCUT2D eigenvalue weighted by Gasteiger charge is 2.14. The Kier molecular flexibility index (Phi) is 6.89. The molecule has 0 aliphatic carbocycles. The van der Waals surface area contributed by atoms with E-state index >= 15 is 0 Å². The third-order valence-electron chi connectivity index (χ3n) is 3.90. The number of amides is 2. The first kappa shape index (κ1) is 20.9. The van der Waals surface area contributed by atoms with Crippen molar-refractivity contribution in [2.75, 3.05) is 23.5 Å². The molecule has 29 heavy (non-hydrogen) atoms. The second-order valence-electron chi connectivity index (χ2n) is 6.14. The highest BCUT2D eigenvalue weighted by Crippen LogP contribution is 2.22. The Morgan fingerprint density at radius 3 is 2.55 bits per heavy atom. The van der Waals surface area contributed by atoms with E-state index in [9.17, 15) is 9.59 Å². The summed E-state index contributed by atoms with van der Waals surface area (Å²) in [7, 11) is 0. The summed E-state index contributed by atoms with van der Waals surface area (Å²) in [4.78, 5) is 24.0. The van der Waals surface area contributed by atoms with E-state index in [1.54, 1.807) is 6.07 Å². The number of aryl methyl sites for hydroxylation is 1. The van der Waals surface area contributed by atoms with Crippen LogP contribution in [0.4, 0.5) is 5.69 Å². The highest BCUT2D eigenvalue weighted by molar-refractivity contribution is 9.10. The first-order chi connectivity index (χ1) is 13.9. The molecule has 4 N–H and O–H groups in total. The lowest BCUT2D eigenvalue weighted by molar-refractivity contribution is -0.122. The topological polar surface area (TPSA) is 115 Å². The Bertz CT molecular complexity index is 1020. The number of nitrogens with two attached hydrogens (primary N) is 1. The average Bonchev–Trinajstić information content (AvgIpc) is 3.07. The van der Waals surface area contributed by atoms with E-state index in [-0.39, 0.29) is 24.1 Å². The summed E-state index contributed by atoms with van der Waals surface area (Å²) in [6, 6.07) is 15.0. The number of halogens is 1. The van der Waals surface area contributed by atoms with Gasteiger partial charge in [0.1, 0.15) is 0 Å². The standard InChI is InChI=1S/C19H19BrN6O2S/c1-12-6-8-13(9-7-12)18-24-25-19(26(18)21)29-11-17(28)22-10-16(27)23-15-5-3-2-4-14(15)20/h2-9H,10-11,21H2,1H3,(H,22,28)(H,23,27). The zero-order chi connectivity index (χ0) is 20.8. The second kappa shape index (κ2) is 9.57. The molecule has 0 bridgehead atoms. The maximum Gasteiger partial charge on any atom is 0.243 e. The average molecular weight is 475 g/mol. The van der Waals surface area contributed by atoms with Crippen LogP contribution in [0.1, 0.15) is 5.56 Å². The number of para-hydroxylation sites is 1. The van der Waals surface area contributed by atoms with Gasteiger partial charge < -0.3 is 16.5 Å². The number of rotatable bonds is 7. The number of hydrogen-bond donors (Lipinski definition) is 3. The molecule has 3 rings (SSSR count). The van der Waals surface area contributed by atoms with Crippen molar-refractivity contribution < 1.29 is 9.59 Å². The van der Waals surface area contributed by atoms with Crippen molar-refractivity contribution in [3.05, 3.63) is 58.6 Å². The van der Waals surface area contributed by atoms with Crippen LogP contribution in [0, 0.1) is 6.92 Å². The second-order valence-corrected chi connectivity index (χ2v) is 7.93. The summed E-state index contributed by atoms with van der Waals surface area (Å²) in [6.07, 6.45) is 0. The molecular weight excluding hydrogens is 456 g/mol. The molecule has 8 nitrogen and oxygen atoms in total. The van der Waals surface area contributed by atoms with Crippen molar-refractivity contribution in [1.82, 2.24) is 20.2 Å². The van der Waals surface area contributed by atoms with E-state index in [1.165, 1.54) is 4.68 Å². The predicted octanol–water partition coefficient (Wildman–Crippen LogP) is 2.58. The molecule has 0 spiro atoms. The van der Waals surface area contributed by atoms with E-state index in [1.807, 2.05) is 49.4 Å². The van der Waals surface area contributed by atoms with Crippen molar-refractivity contribution in [2.24, 2.45) is 0 Å². The molecule has 2 aromatic carbocycles. The molecule has 0 aliphatic heterocycles. The number of nitrogens with one attached hydrogen (secondary N) is 2. The van der Waals surface area contributed by atoms with Crippen molar-refractivity contribution >= 4 is 45.2 Å². The van der Waals surface area contributed by atoms with Crippen molar-refractivity contribution in [3.63, 3.8) is 0 Å². The molecule has 0 atom stereocenters. The lowest BCUT2D eigenvalue weighted by Gasteiger charge is -2.08. The summed E-state index contributed by atoms with van der Waals surface area (Å²) in [5.74, 6) is 6.00. The number of benzene rings is 2. The monoisotopic (exact) mass is 474 g/mol. The number of carbonyl (C=O) groups is 2. The summed E-state index contributed by atoms with van der Waals surface area (Å²) in [5.41, 5.74) is 2.61. The lowest BCUT2D eigenvalue weighted by Crippen LogP contribution is -2.34. The first-order valence-corrected chi connectivity index (χ1v) is 10.4. The zero-order valence-electron chi connectivity index (χ0n) is 15.6. The smallest absolute Gasteiger partial charge is 0.243 e. The largest absolute Gasteiger partial charge is 0.346 e. The van der Waals surface area contributed by atoms with E-state index in [0.29, 0.717) is 16.7 Å². The molecule has 3 aromatic rings. The van der Waals surface area contributed by atoms with Gasteiger partial charge in [-0.05, 0) is 35.0 Å². The quantitative estimate of drug-likeness (QED) is 0.358. The van der Waals surface area contributed by atoms with Crippen LogP contribution in [-0.2, 0) is 9.59 Å². The normalized spacial score (nSPS) is 10.6. The first-order valence-electron chi connectivity index (χ1n) is 8.65. The van der Waals surface area contributed by atoms with E-state index in [2.05, 4.69) is 36.8 Å². The molecule has 0 saturated carbocycles. The molecule has 10 heteroatoms. The van der Waals surface area contributed by atoms with Crippen LogP contribution in [0.5, 0.6) is 0 Å². The van der Waals surface area contributed by atoms with Gasteiger partial charge in [0.15, 0.2) is 5.82 Å². The molecule has 2 amide bonds. The van der Waals surface area contributed by atoms with Crippen LogP contribution >= 0.6 is 27.7 Å². The number of thioether (sulfide) groups is 1. The van der Waals surface area contributed by atoms with Gasteiger partial charge in [-0.1, -0.05) is 53.7 Å². The molecule has 0 fully saturated rings. The van der Waals surface area contributed by atoms with Crippen molar-refractivity contribution in [1.29, 1.82) is 0 Å². The number of carbonyl (C=O) groups excluding carboxylic acids is 2. The summed E-state index contributed by atoms with van der Waals surface area (Å²) < 4.78 is 2.12. The maximum atomic E-state index is 12.0. The Balaban J connectivity index is 1.49. The Hall–Kier alpha value is -2.85. The van der Waals surface area contributed by atoms with Crippen LogP contribution < -0.4 is 16.5 Å². The van der Waals surface area contributed by atoms with Crippen LogP contribution in [0.25, 0.3) is 11.4 Å². The molecule has 0 radical (unpaired) electrons. The predicted molar refractivity (Wildman–Crippen MR) is 117 cm³/mol. The third kappa shape index (κ3) is 5.58. The van der Waals surface area contributed by atoms with Crippen LogP contribution in [0.2, 0.25) is 0 Å². The number of anilines is 1. The molecule has 0 aliphatic rings. The lowest BCUT2D eigenvalue weighted by atomic mass is 10.1. The Morgan fingerprint density at radius 2 is 1.83 bits per heavy atom. The van der Waals surface area contributed by atoms with Crippen molar-refractivity contribution in [3.8, 4) is 11.4 Å². The fourth-order valence-corrected chi connectivity index (χ4v) is 3.46. The van der Waals surface area contributed by atoms with Gasteiger partial charge in [0.05, 0.1) is 18.0 Å². The van der Waals surface area contributed by atoms with Gasteiger partial charge in [0, 0.05) is 10.0 Å². The number of aromatic nitrogens is 3. The van der Waals surface area contributed by atoms with Gasteiger partial charge in [-0.3, -0.25) is 9.59 Å². The SMILES string of the molecule is Cc1ccc(-c2nnc(SCC(=O)NCC(=O)Nc3ccccc3Br)n2N)cc1. The van der Waals surface area contributed by atoms with Gasteiger partial charge >= 0.3 is 0 Å². The summed E-state index contributed by atoms with van der Waals surface area (Å²) >= 11 is 4.50. The minimum atomic E-state index is -0.320. The third-order valence-corrected chi connectivity index (χ3v) is 5.54. The fourth-order valence-electron chi connectivity index (χ4n) is 2.39. The molecule has 150 valence electrons. The maximum absolute atomic E-state index is 12.0. The molecule has 1 aromatic heterocycles. The fraction of sp³-hybridized carbons (Fsp3) is 0.158. The molecular formula is C19H19BrN6O2S. The zero-order valence-corrected chi connectivity index (χ0v) is 18.0. The minimum absolute atomic E-state index is 0.0611. The molecule has 1 heterocycles. The Morgan fingerprint density at radius 1 is 1.10 bits per heavy atom. The van der Waals surface area contributed by atoms with Gasteiger partial charge in [-0.15, -0.1) is 10.2 Å². The Labute approximate surface area is 180 Å². The van der Waals surface area contributed by atoms with Gasteiger partial charge in [-0.2, -0.15) is 0 Å². The van der Waals surface area contributed by atoms with Gasteiger partial charge in [0.25, 0.3) is 0 Å². The number of hydrogen-bond acceptors (Lipinski definition) is 6. The van der Waals surface area contributed by atoms with E-state index in [0.717, 1.165) is 27.4 Å². The van der Waals surface area contributed by atoms with Gasteiger partial charge in [0.2, 0.25) is 17.0 Å². The molecule has 0 unspecified atom stereocenters. The van der Waals surface area contributed by atoms with Crippen LogP contribution in [0.3, 0.4) is 0 Å². The minimum Gasteiger partial charge on any atom is -0.346 e. The molecule has 0 saturated heterocycles. The number of nitrogens with zero attached hydrogens (tertiary/aromatic N) is 3.